The highest BCUT2D eigenvalue weighted by atomic mass is 79.9. The molecule has 0 atom stereocenters. The average molecular weight is 385 g/mol. The van der Waals surface area contributed by atoms with Gasteiger partial charge in [-0.25, -0.2) is 12.7 Å². The molecule has 0 spiro atoms. The predicted molar refractivity (Wildman–Crippen MR) is 86.6 cm³/mol. The molecule has 2 N–H and O–H groups in total. The van der Waals surface area contributed by atoms with Gasteiger partial charge in [0, 0.05) is 24.3 Å². The zero-order chi connectivity index (χ0) is 15.5. The molecule has 0 aliphatic rings. The molecule has 0 amide bonds. The van der Waals surface area contributed by atoms with E-state index in [2.05, 4.69) is 15.9 Å². The lowest BCUT2D eigenvalue weighted by atomic mass is 10.3. The van der Waals surface area contributed by atoms with Crippen molar-refractivity contribution in [3.8, 4) is 0 Å². The second-order valence-corrected chi connectivity index (χ2v) is 8.03. The third kappa shape index (κ3) is 4.33. The van der Waals surface area contributed by atoms with Crippen LogP contribution in [0.5, 0.6) is 0 Å². The highest BCUT2D eigenvalue weighted by molar-refractivity contribution is 9.10. The third-order valence-corrected chi connectivity index (χ3v) is 6.05. The maximum absolute atomic E-state index is 12.5. The Morgan fingerprint density at radius 3 is 2.40 bits per heavy atom. The van der Waals surface area contributed by atoms with Gasteiger partial charge >= 0.3 is 0 Å². The number of nitrogen functional groups attached to an aromatic ring is 1. The van der Waals surface area contributed by atoms with Gasteiger partial charge in [-0.2, -0.15) is 0 Å². The lowest BCUT2D eigenvalue weighted by Crippen LogP contribution is -2.30. The van der Waals surface area contributed by atoms with Crippen LogP contribution in [0.15, 0.2) is 21.5 Å². The molecule has 0 aromatic heterocycles. The van der Waals surface area contributed by atoms with Gasteiger partial charge in [-0.15, -0.1) is 0 Å². The molecule has 0 bridgehead atoms. The van der Waals surface area contributed by atoms with Crippen molar-refractivity contribution in [1.29, 1.82) is 0 Å². The molecule has 8 heteroatoms. The summed E-state index contributed by atoms with van der Waals surface area (Å²) in [5.74, 6) is 0. The van der Waals surface area contributed by atoms with Gasteiger partial charge in [0.05, 0.1) is 9.37 Å². The standard InChI is InChI=1S/C12H19BrClN3O2S/c1-16(2)5-4-6-17(3)20(18,19)11-8-9(14)7-10(15)12(11)13/h7-8H,4-6,15H2,1-3H3. The molecule has 0 aliphatic heterocycles. The van der Waals surface area contributed by atoms with Crippen molar-refractivity contribution in [3.63, 3.8) is 0 Å². The van der Waals surface area contributed by atoms with E-state index in [9.17, 15) is 8.42 Å². The second kappa shape index (κ2) is 7.09. The Labute approximate surface area is 133 Å². The number of rotatable bonds is 6. The largest absolute Gasteiger partial charge is 0.398 e. The normalized spacial score (nSPS) is 12.3. The van der Waals surface area contributed by atoms with E-state index < -0.39 is 10.0 Å². The molecular weight excluding hydrogens is 366 g/mol. The first-order chi connectivity index (χ1) is 9.16. The molecule has 0 saturated heterocycles. The van der Waals surface area contributed by atoms with Gasteiger partial charge in [-0.05, 0) is 55.1 Å². The van der Waals surface area contributed by atoms with Crippen LogP contribution in [0.1, 0.15) is 6.42 Å². The SMILES string of the molecule is CN(C)CCCN(C)S(=O)(=O)c1cc(Cl)cc(N)c1Br. The number of sulfonamides is 1. The van der Waals surface area contributed by atoms with E-state index in [1.54, 1.807) is 7.05 Å². The minimum atomic E-state index is -3.61. The molecule has 0 unspecified atom stereocenters. The van der Waals surface area contributed by atoms with Crippen LogP contribution >= 0.6 is 27.5 Å². The van der Waals surface area contributed by atoms with E-state index in [0.29, 0.717) is 21.7 Å². The van der Waals surface area contributed by atoms with Crippen molar-refractivity contribution in [1.82, 2.24) is 9.21 Å². The Morgan fingerprint density at radius 2 is 1.85 bits per heavy atom. The lowest BCUT2D eigenvalue weighted by Gasteiger charge is -2.19. The first-order valence-corrected chi connectivity index (χ1v) is 8.63. The van der Waals surface area contributed by atoms with E-state index in [4.69, 9.17) is 17.3 Å². The summed E-state index contributed by atoms with van der Waals surface area (Å²) in [6, 6.07) is 2.91. The number of hydrogen-bond donors (Lipinski definition) is 1. The lowest BCUT2D eigenvalue weighted by molar-refractivity contribution is 0.370. The molecule has 20 heavy (non-hydrogen) atoms. The molecule has 0 heterocycles. The van der Waals surface area contributed by atoms with Crippen molar-refractivity contribution in [2.45, 2.75) is 11.3 Å². The minimum absolute atomic E-state index is 0.0925. The fourth-order valence-electron chi connectivity index (χ4n) is 1.67. The van der Waals surface area contributed by atoms with Gasteiger partial charge in [0.15, 0.2) is 0 Å². The smallest absolute Gasteiger partial charge is 0.244 e. The van der Waals surface area contributed by atoms with E-state index in [0.717, 1.165) is 13.0 Å². The van der Waals surface area contributed by atoms with Crippen LogP contribution in [-0.4, -0.2) is 51.9 Å². The molecule has 5 nitrogen and oxygen atoms in total. The van der Waals surface area contributed by atoms with Gasteiger partial charge in [0.25, 0.3) is 0 Å². The summed E-state index contributed by atoms with van der Waals surface area (Å²) >= 11 is 9.10. The number of anilines is 1. The third-order valence-electron chi connectivity index (χ3n) is 2.80. The summed E-state index contributed by atoms with van der Waals surface area (Å²) < 4.78 is 26.7. The van der Waals surface area contributed by atoms with Crippen LogP contribution in [0.25, 0.3) is 0 Å². The molecular formula is C12H19BrClN3O2S. The van der Waals surface area contributed by atoms with Crippen LogP contribution in [-0.2, 0) is 10.0 Å². The Balaban J connectivity index is 2.99. The summed E-state index contributed by atoms with van der Waals surface area (Å²) in [6.07, 6.45) is 0.746. The quantitative estimate of drug-likeness (QED) is 0.764. The van der Waals surface area contributed by atoms with E-state index in [-0.39, 0.29) is 4.90 Å². The molecule has 0 aliphatic carbocycles. The molecule has 1 rings (SSSR count). The van der Waals surface area contributed by atoms with Gasteiger partial charge in [-0.1, -0.05) is 11.6 Å². The van der Waals surface area contributed by atoms with E-state index in [1.165, 1.54) is 16.4 Å². The Hall–Kier alpha value is -0.340. The van der Waals surface area contributed by atoms with Crippen LogP contribution < -0.4 is 5.73 Å². The van der Waals surface area contributed by atoms with Crippen LogP contribution in [0.2, 0.25) is 5.02 Å². The van der Waals surface area contributed by atoms with Crippen molar-refractivity contribution in [3.05, 3.63) is 21.6 Å². The van der Waals surface area contributed by atoms with Crippen LogP contribution in [0.3, 0.4) is 0 Å². The number of nitrogens with two attached hydrogens (primary N) is 1. The first-order valence-electron chi connectivity index (χ1n) is 6.02. The van der Waals surface area contributed by atoms with Crippen LogP contribution in [0.4, 0.5) is 5.69 Å². The monoisotopic (exact) mass is 383 g/mol. The Kier molecular flexibility index (Phi) is 6.27. The predicted octanol–water partition coefficient (Wildman–Crippen LogP) is 2.26. The molecule has 0 fully saturated rings. The number of halogens is 2. The fraction of sp³-hybridized carbons (Fsp3) is 0.500. The molecule has 114 valence electrons. The topological polar surface area (TPSA) is 66.6 Å². The van der Waals surface area contributed by atoms with E-state index >= 15 is 0 Å². The highest BCUT2D eigenvalue weighted by Gasteiger charge is 2.24. The summed E-state index contributed by atoms with van der Waals surface area (Å²) in [7, 11) is 1.84. The number of benzene rings is 1. The van der Waals surface area contributed by atoms with Gasteiger partial charge in [-0.3, -0.25) is 0 Å². The first kappa shape index (κ1) is 17.7. The maximum atomic E-state index is 12.5. The summed E-state index contributed by atoms with van der Waals surface area (Å²) in [5, 5.41) is 0.297. The fourth-order valence-corrected chi connectivity index (χ4v) is 4.13. The van der Waals surface area contributed by atoms with Crippen molar-refractivity contribution in [2.24, 2.45) is 0 Å². The minimum Gasteiger partial charge on any atom is -0.398 e. The van der Waals surface area contributed by atoms with Crippen molar-refractivity contribution < 1.29 is 8.42 Å². The van der Waals surface area contributed by atoms with Crippen LogP contribution in [0, 0.1) is 0 Å². The van der Waals surface area contributed by atoms with Crippen molar-refractivity contribution >= 4 is 43.2 Å². The van der Waals surface area contributed by atoms with Gasteiger partial charge in [0.1, 0.15) is 0 Å². The number of nitrogens with zero attached hydrogens (tertiary/aromatic N) is 2. The summed E-state index contributed by atoms with van der Waals surface area (Å²) in [4.78, 5) is 2.10. The molecule has 1 aromatic carbocycles. The number of hydrogen-bond acceptors (Lipinski definition) is 4. The van der Waals surface area contributed by atoms with Gasteiger partial charge in [0.2, 0.25) is 10.0 Å². The zero-order valence-corrected chi connectivity index (χ0v) is 14.9. The second-order valence-electron chi connectivity index (χ2n) is 4.79. The Bertz CT molecular complexity index is 578. The average Bonchev–Trinajstić information content (AvgIpc) is 2.32. The Morgan fingerprint density at radius 1 is 1.25 bits per heavy atom. The molecule has 1 aromatic rings. The maximum Gasteiger partial charge on any atom is 0.244 e. The van der Waals surface area contributed by atoms with Gasteiger partial charge < -0.3 is 10.6 Å². The summed E-state index contributed by atoms with van der Waals surface area (Å²) in [6.45, 7) is 1.25. The molecule has 0 radical (unpaired) electrons. The highest BCUT2D eigenvalue weighted by Crippen LogP contribution is 2.32. The summed E-state index contributed by atoms with van der Waals surface area (Å²) in [5.41, 5.74) is 6.04. The van der Waals surface area contributed by atoms with Crippen molar-refractivity contribution in [2.75, 3.05) is 40.0 Å². The van der Waals surface area contributed by atoms with E-state index in [1.807, 2.05) is 19.0 Å². The molecule has 0 saturated carbocycles. The zero-order valence-electron chi connectivity index (χ0n) is 11.7.